The summed E-state index contributed by atoms with van der Waals surface area (Å²) in [7, 11) is 0. The molecule has 186 valence electrons. The van der Waals surface area contributed by atoms with Gasteiger partial charge in [0.1, 0.15) is 0 Å². The molecule has 0 aromatic heterocycles. The standard InChI is InChI=1S/C27H23N5O5/c1-17-6-5-9-21(14-17)32-26(36)22(25(35)30-27(32)37)16-28-31-24(34)19-10-12-20(13-11-19)29-23(33)15-18-7-3-2-4-8-18/h2-14,16,22H,15H2,1H3,(H,29,33)(H,31,34)(H,30,35,37)/b28-16-/t22-/m0/s1. The van der Waals surface area contributed by atoms with E-state index in [0.29, 0.717) is 11.4 Å². The molecule has 0 spiro atoms. The van der Waals surface area contributed by atoms with E-state index in [1.165, 1.54) is 12.1 Å². The number of urea groups is 1. The summed E-state index contributed by atoms with van der Waals surface area (Å²) in [6, 6.07) is 21.3. The Morgan fingerprint density at radius 1 is 0.973 bits per heavy atom. The second-order valence-electron chi connectivity index (χ2n) is 8.29. The molecular formula is C27H23N5O5. The number of carbonyl (C=O) groups is 5. The fourth-order valence-electron chi connectivity index (χ4n) is 3.66. The summed E-state index contributed by atoms with van der Waals surface area (Å²) in [5.41, 5.74) is 5.05. The van der Waals surface area contributed by atoms with Gasteiger partial charge in [-0.15, -0.1) is 0 Å². The van der Waals surface area contributed by atoms with Crippen molar-refractivity contribution in [2.45, 2.75) is 13.3 Å². The van der Waals surface area contributed by atoms with Crippen molar-refractivity contribution in [1.29, 1.82) is 0 Å². The topological polar surface area (TPSA) is 137 Å². The first-order valence-corrected chi connectivity index (χ1v) is 11.3. The van der Waals surface area contributed by atoms with Crippen LogP contribution in [0.4, 0.5) is 16.2 Å². The van der Waals surface area contributed by atoms with Crippen LogP contribution in [-0.4, -0.2) is 35.9 Å². The van der Waals surface area contributed by atoms with E-state index in [1.807, 2.05) is 30.3 Å². The summed E-state index contributed by atoms with van der Waals surface area (Å²) in [6.07, 6.45) is 1.20. The van der Waals surface area contributed by atoms with Gasteiger partial charge in [-0.05, 0) is 54.4 Å². The zero-order valence-corrected chi connectivity index (χ0v) is 19.8. The van der Waals surface area contributed by atoms with E-state index in [1.54, 1.807) is 43.3 Å². The first-order valence-electron chi connectivity index (χ1n) is 11.3. The fraction of sp³-hybridized carbons (Fsp3) is 0.111. The largest absolute Gasteiger partial charge is 0.335 e. The highest BCUT2D eigenvalue weighted by Gasteiger charge is 2.40. The maximum absolute atomic E-state index is 12.9. The molecule has 1 fully saturated rings. The predicted molar refractivity (Wildman–Crippen MR) is 137 cm³/mol. The zero-order valence-electron chi connectivity index (χ0n) is 19.8. The molecule has 4 rings (SSSR count). The van der Waals surface area contributed by atoms with Gasteiger partial charge >= 0.3 is 6.03 Å². The first-order chi connectivity index (χ1) is 17.8. The maximum Gasteiger partial charge on any atom is 0.335 e. The molecule has 1 saturated heterocycles. The van der Waals surface area contributed by atoms with Crippen LogP contribution in [0.25, 0.3) is 0 Å². The lowest BCUT2D eigenvalue weighted by Gasteiger charge is -2.28. The molecule has 1 heterocycles. The molecule has 0 bridgehead atoms. The normalized spacial score (nSPS) is 15.4. The van der Waals surface area contributed by atoms with Crippen LogP contribution in [0, 0.1) is 12.8 Å². The van der Waals surface area contributed by atoms with Gasteiger partial charge in [0.2, 0.25) is 11.8 Å². The Bertz CT molecular complexity index is 1390. The van der Waals surface area contributed by atoms with Gasteiger partial charge in [-0.3, -0.25) is 24.5 Å². The molecule has 6 amide bonds. The molecule has 0 unspecified atom stereocenters. The van der Waals surface area contributed by atoms with E-state index in [0.717, 1.165) is 22.2 Å². The number of hydrogen-bond acceptors (Lipinski definition) is 6. The number of barbiturate groups is 1. The summed E-state index contributed by atoms with van der Waals surface area (Å²) in [5.74, 6) is -3.81. The smallest absolute Gasteiger partial charge is 0.326 e. The van der Waals surface area contributed by atoms with Crippen LogP contribution in [0.2, 0.25) is 0 Å². The molecule has 1 aliphatic rings. The molecule has 0 saturated carbocycles. The second-order valence-corrected chi connectivity index (χ2v) is 8.29. The Morgan fingerprint density at radius 2 is 1.70 bits per heavy atom. The third-order valence-corrected chi connectivity index (χ3v) is 5.49. The Morgan fingerprint density at radius 3 is 2.41 bits per heavy atom. The number of carbonyl (C=O) groups excluding carboxylic acids is 5. The van der Waals surface area contributed by atoms with Crippen LogP contribution in [0.5, 0.6) is 0 Å². The number of nitrogens with one attached hydrogen (secondary N) is 3. The molecule has 1 aliphatic heterocycles. The minimum absolute atomic E-state index is 0.193. The van der Waals surface area contributed by atoms with Crippen LogP contribution in [0.15, 0.2) is 84.0 Å². The lowest BCUT2D eigenvalue weighted by atomic mass is 10.1. The second kappa shape index (κ2) is 11.1. The van der Waals surface area contributed by atoms with Crippen molar-refractivity contribution in [3.05, 3.63) is 95.6 Å². The molecule has 10 heteroatoms. The summed E-state index contributed by atoms with van der Waals surface area (Å²) in [6.45, 7) is 1.81. The predicted octanol–water partition coefficient (Wildman–Crippen LogP) is 2.79. The fourth-order valence-corrected chi connectivity index (χ4v) is 3.66. The van der Waals surface area contributed by atoms with Crippen LogP contribution in [-0.2, 0) is 20.8 Å². The lowest BCUT2D eigenvalue weighted by Crippen LogP contribution is -2.58. The number of imide groups is 2. The lowest BCUT2D eigenvalue weighted by molar-refractivity contribution is -0.131. The highest BCUT2D eigenvalue weighted by Crippen LogP contribution is 2.21. The van der Waals surface area contributed by atoms with Crippen molar-refractivity contribution >= 4 is 47.2 Å². The molecule has 3 N–H and O–H groups in total. The minimum Gasteiger partial charge on any atom is -0.326 e. The van der Waals surface area contributed by atoms with Gasteiger partial charge in [0.25, 0.3) is 11.8 Å². The van der Waals surface area contributed by atoms with Crippen LogP contribution in [0.3, 0.4) is 0 Å². The van der Waals surface area contributed by atoms with E-state index in [2.05, 4.69) is 21.2 Å². The van der Waals surface area contributed by atoms with Crippen LogP contribution >= 0.6 is 0 Å². The van der Waals surface area contributed by atoms with E-state index in [4.69, 9.17) is 0 Å². The monoisotopic (exact) mass is 497 g/mol. The summed E-state index contributed by atoms with van der Waals surface area (Å²) < 4.78 is 0. The third kappa shape index (κ3) is 6.12. The Balaban J connectivity index is 1.35. The Hall–Kier alpha value is -5.12. The first kappa shape index (κ1) is 25.0. The molecule has 0 radical (unpaired) electrons. The van der Waals surface area contributed by atoms with Gasteiger partial charge in [-0.25, -0.2) is 15.1 Å². The summed E-state index contributed by atoms with van der Waals surface area (Å²) >= 11 is 0. The average molecular weight is 498 g/mol. The molecular weight excluding hydrogens is 474 g/mol. The van der Waals surface area contributed by atoms with Gasteiger partial charge in [0.15, 0.2) is 5.92 Å². The number of rotatable bonds is 7. The molecule has 37 heavy (non-hydrogen) atoms. The number of nitrogens with zero attached hydrogens (tertiary/aromatic N) is 2. The molecule has 1 atom stereocenters. The number of aryl methyl sites for hydroxylation is 1. The Labute approximate surface area is 212 Å². The van der Waals surface area contributed by atoms with E-state index in [9.17, 15) is 24.0 Å². The Kier molecular flexibility index (Phi) is 7.48. The van der Waals surface area contributed by atoms with Crippen molar-refractivity contribution in [2.24, 2.45) is 11.0 Å². The highest BCUT2D eigenvalue weighted by molar-refractivity contribution is 6.32. The summed E-state index contributed by atoms with van der Waals surface area (Å²) in [4.78, 5) is 62.8. The zero-order chi connectivity index (χ0) is 26.4. The highest BCUT2D eigenvalue weighted by atomic mass is 16.2. The van der Waals surface area contributed by atoms with E-state index in [-0.39, 0.29) is 17.9 Å². The number of anilines is 2. The van der Waals surface area contributed by atoms with Gasteiger partial charge in [0, 0.05) is 17.5 Å². The van der Waals surface area contributed by atoms with Crippen molar-refractivity contribution < 1.29 is 24.0 Å². The quantitative estimate of drug-likeness (QED) is 0.262. The van der Waals surface area contributed by atoms with Crippen molar-refractivity contribution in [3.63, 3.8) is 0 Å². The third-order valence-electron chi connectivity index (χ3n) is 5.49. The SMILES string of the molecule is Cc1cccc(N2C(=O)NC(=O)[C@H](/C=N\NC(=O)c3ccc(NC(=O)Cc4ccccc4)cc3)C2=O)c1. The average Bonchev–Trinajstić information content (AvgIpc) is 2.87. The minimum atomic E-state index is -1.40. The number of benzene rings is 3. The van der Waals surface area contributed by atoms with Crippen molar-refractivity contribution in [3.8, 4) is 0 Å². The molecule has 0 aliphatic carbocycles. The van der Waals surface area contributed by atoms with Gasteiger partial charge in [-0.2, -0.15) is 5.10 Å². The van der Waals surface area contributed by atoms with Crippen LogP contribution in [0.1, 0.15) is 21.5 Å². The number of hydrazone groups is 1. The van der Waals surface area contributed by atoms with E-state index >= 15 is 0 Å². The molecule has 10 nitrogen and oxygen atoms in total. The molecule has 3 aromatic rings. The van der Waals surface area contributed by atoms with Gasteiger partial charge in [0.05, 0.1) is 12.1 Å². The number of hydrogen-bond donors (Lipinski definition) is 3. The summed E-state index contributed by atoms with van der Waals surface area (Å²) in [5, 5.41) is 8.63. The van der Waals surface area contributed by atoms with E-state index < -0.39 is 29.7 Å². The van der Waals surface area contributed by atoms with Gasteiger partial charge in [-0.1, -0.05) is 42.5 Å². The van der Waals surface area contributed by atoms with Crippen molar-refractivity contribution in [2.75, 3.05) is 10.2 Å². The van der Waals surface area contributed by atoms with Gasteiger partial charge < -0.3 is 5.32 Å². The number of amides is 6. The maximum atomic E-state index is 12.9. The van der Waals surface area contributed by atoms with Crippen LogP contribution < -0.4 is 21.0 Å². The molecule has 3 aromatic carbocycles. The van der Waals surface area contributed by atoms with Crippen molar-refractivity contribution in [1.82, 2.24) is 10.7 Å².